The number of fused-ring (bicyclic) bond motifs is 2. The van der Waals surface area contributed by atoms with Gasteiger partial charge >= 0.3 is 0 Å². The molecular formula is C31H40F2N6O2. The molecule has 0 spiro atoms. The fourth-order valence-electron chi connectivity index (χ4n) is 7.81. The van der Waals surface area contributed by atoms with Gasteiger partial charge in [-0.15, -0.1) is 0 Å². The fourth-order valence-corrected chi connectivity index (χ4v) is 7.81. The molecule has 10 heteroatoms. The Morgan fingerprint density at radius 3 is 2.29 bits per heavy atom. The van der Waals surface area contributed by atoms with Crippen LogP contribution in [0, 0.1) is 17.8 Å². The van der Waals surface area contributed by atoms with Crippen LogP contribution in [0.2, 0.25) is 0 Å². The molecule has 7 rings (SSSR count). The van der Waals surface area contributed by atoms with Gasteiger partial charge < -0.3 is 14.4 Å². The van der Waals surface area contributed by atoms with Crippen molar-refractivity contribution >= 4 is 17.0 Å². The van der Waals surface area contributed by atoms with E-state index in [1.165, 1.54) is 36.7 Å². The van der Waals surface area contributed by atoms with E-state index in [0.29, 0.717) is 49.1 Å². The molecule has 4 heterocycles. The van der Waals surface area contributed by atoms with E-state index in [1.54, 1.807) is 6.07 Å². The maximum atomic E-state index is 14.1. The third-order valence-electron chi connectivity index (χ3n) is 9.75. The molecule has 0 bridgehead atoms. The average Bonchev–Trinajstić information content (AvgIpc) is 3.70. The molecule has 41 heavy (non-hydrogen) atoms. The zero-order valence-corrected chi connectivity index (χ0v) is 23.6. The molecular weight excluding hydrogens is 526 g/mol. The van der Waals surface area contributed by atoms with Crippen LogP contribution in [0.4, 0.5) is 14.7 Å². The van der Waals surface area contributed by atoms with Crippen LogP contribution in [0.5, 0.6) is 0 Å². The summed E-state index contributed by atoms with van der Waals surface area (Å²) in [7, 11) is 0. The number of nitrogens with zero attached hydrogens (tertiary/aromatic N) is 6. The van der Waals surface area contributed by atoms with E-state index in [4.69, 9.17) is 19.4 Å². The molecule has 2 aliphatic heterocycles. The molecule has 2 saturated carbocycles. The average molecular weight is 567 g/mol. The molecule has 0 unspecified atom stereocenters. The predicted molar refractivity (Wildman–Crippen MR) is 153 cm³/mol. The number of hydrogen-bond donors (Lipinski definition) is 0. The molecule has 2 saturated heterocycles. The highest BCUT2D eigenvalue weighted by Gasteiger charge is 2.43. The van der Waals surface area contributed by atoms with E-state index in [9.17, 15) is 8.78 Å². The zero-order valence-electron chi connectivity index (χ0n) is 23.6. The predicted octanol–water partition coefficient (Wildman–Crippen LogP) is 5.05. The Hall–Kier alpha value is -2.69. The molecule has 2 aromatic heterocycles. The minimum absolute atomic E-state index is 0.281. The smallest absolute Gasteiger partial charge is 0.296 e. The van der Waals surface area contributed by atoms with Crippen molar-refractivity contribution in [3.05, 3.63) is 41.9 Å². The second kappa shape index (κ2) is 11.9. The van der Waals surface area contributed by atoms with Gasteiger partial charge in [0.05, 0.1) is 37.5 Å². The van der Waals surface area contributed by atoms with Gasteiger partial charge in [0.1, 0.15) is 5.82 Å². The van der Waals surface area contributed by atoms with Crippen molar-refractivity contribution in [2.45, 2.75) is 57.4 Å². The van der Waals surface area contributed by atoms with Crippen LogP contribution in [-0.2, 0) is 15.9 Å². The number of aromatic nitrogens is 4. The van der Waals surface area contributed by atoms with Gasteiger partial charge in [0.15, 0.2) is 5.82 Å². The number of ether oxygens (including phenoxy) is 2. The van der Waals surface area contributed by atoms with Gasteiger partial charge in [0.25, 0.3) is 6.43 Å². The summed E-state index contributed by atoms with van der Waals surface area (Å²) in [5.41, 5.74) is 2.08. The van der Waals surface area contributed by atoms with Gasteiger partial charge in [0.2, 0.25) is 5.95 Å². The van der Waals surface area contributed by atoms with Crippen LogP contribution in [0.25, 0.3) is 16.9 Å². The lowest BCUT2D eigenvalue weighted by Gasteiger charge is -2.32. The second-order valence-corrected chi connectivity index (χ2v) is 12.2. The number of imidazole rings is 1. The maximum Gasteiger partial charge on any atom is 0.296 e. The summed E-state index contributed by atoms with van der Waals surface area (Å²) < 4.78 is 40.9. The topological polar surface area (TPSA) is 68.5 Å². The lowest BCUT2D eigenvalue weighted by molar-refractivity contribution is 0.0159. The third kappa shape index (κ3) is 5.70. The molecule has 0 N–H and O–H groups in total. The van der Waals surface area contributed by atoms with E-state index in [1.807, 2.05) is 24.3 Å². The summed E-state index contributed by atoms with van der Waals surface area (Å²) in [5, 5.41) is 0. The van der Waals surface area contributed by atoms with Gasteiger partial charge in [0, 0.05) is 44.0 Å². The molecule has 4 atom stereocenters. The van der Waals surface area contributed by atoms with E-state index in [-0.39, 0.29) is 5.82 Å². The molecule has 0 radical (unpaired) electrons. The fraction of sp³-hybridized carbons (Fsp3) is 0.645. The first-order chi connectivity index (χ1) is 20.1. The Morgan fingerprint density at radius 2 is 1.56 bits per heavy atom. The van der Waals surface area contributed by atoms with Crippen molar-refractivity contribution in [1.29, 1.82) is 0 Å². The lowest BCUT2D eigenvalue weighted by atomic mass is 9.95. The highest BCUT2D eigenvalue weighted by molar-refractivity contribution is 5.78. The van der Waals surface area contributed by atoms with Crippen LogP contribution in [0.1, 0.15) is 56.5 Å². The minimum atomic E-state index is -2.71. The summed E-state index contributed by atoms with van der Waals surface area (Å²) in [6, 6.07) is 9.90. The summed E-state index contributed by atoms with van der Waals surface area (Å²) in [4.78, 5) is 18.7. The normalized spacial score (nSPS) is 27.2. The van der Waals surface area contributed by atoms with Crippen molar-refractivity contribution < 1.29 is 18.3 Å². The summed E-state index contributed by atoms with van der Waals surface area (Å²) in [6.07, 6.45) is 5.73. The molecule has 2 aliphatic carbocycles. The number of rotatable bonds is 8. The number of anilines is 1. The van der Waals surface area contributed by atoms with Crippen LogP contribution in [0.15, 0.2) is 30.3 Å². The number of alkyl halides is 2. The van der Waals surface area contributed by atoms with Crippen molar-refractivity contribution in [3.8, 4) is 5.82 Å². The van der Waals surface area contributed by atoms with Crippen molar-refractivity contribution in [1.82, 2.24) is 24.4 Å². The van der Waals surface area contributed by atoms with Gasteiger partial charge in [-0.3, -0.25) is 9.47 Å². The molecule has 4 fully saturated rings. The summed E-state index contributed by atoms with van der Waals surface area (Å²) in [6.45, 7) is 6.53. The van der Waals surface area contributed by atoms with Crippen LogP contribution < -0.4 is 4.90 Å². The van der Waals surface area contributed by atoms with Gasteiger partial charge in [-0.25, -0.2) is 18.7 Å². The first-order valence-corrected chi connectivity index (χ1v) is 15.4. The first kappa shape index (κ1) is 27.2. The largest absolute Gasteiger partial charge is 0.379 e. The van der Waals surface area contributed by atoms with Gasteiger partial charge in [-0.1, -0.05) is 18.6 Å². The Labute approximate surface area is 240 Å². The molecule has 3 aromatic rings. The van der Waals surface area contributed by atoms with Crippen LogP contribution in [-0.4, -0.2) is 83.1 Å². The summed E-state index contributed by atoms with van der Waals surface area (Å²) >= 11 is 0. The number of aryl methyl sites for hydroxylation is 1. The van der Waals surface area contributed by atoms with Gasteiger partial charge in [-0.05, 0) is 68.4 Å². The monoisotopic (exact) mass is 566 g/mol. The number of para-hydroxylation sites is 2. The molecule has 1 aromatic carbocycles. The number of benzene rings is 1. The highest BCUT2D eigenvalue weighted by atomic mass is 19.3. The quantitative estimate of drug-likeness (QED) is 0.378. The highest BCUT2D eigenvalue weighted by Crippen LogP contribution is 2.49. The van der Waals surface area contributed by atoms with E-state index >= 15 is 0 Å². The molecule has 220 valence electrons. The molecule has 0 amide bonds. The van der Waals surface area contributed by atoms with E-state index < -0.39 is 6.43 Å². The number of halogens is 2. The van der Waals surface area contributed by atoms with E-state index in [0.717, 1.165) is 68.6 Å². The summed E-state index contributed by atoms with van der Waals surface area (Å²) in [5.74, 6) is 3.28. The van der Waals surface area contributed by atoms with Crippen molar-refractivity contribution in [2.24, 2.45) is 17.8 Å². The third-order valence-corrected chi connectivity index (χ3v) is 9.75. The van der Waals surface area contributed by atoms with Crippen molar-refractivity contribution in [3.63, 3.8) is 0 Å². The molecule has 4 aliphatic rings. The maximum absolute atomic E-state index is 14.1. The van der Waals surface area contributed by atoms with Gasteiger partial charge in [-0.2, -0.15) is 4.98 Å². The van der Waals surface area contributed by atoms with Crippen LogP contribution >= 0.6 is 0 Å². The Kier molecular flexibility index (Phi) is 7.88. The zero-order chi connectivity index (χ0) is 27.8. The Morgan fingerprint density at radius 1 is 0.854 bits per heavy atom. The van der Waals surface area contributed by atoms with E-state index in [2.05, 4.69) is 14.8 Å². The Bertz CT molecular complexity index is 1330. The standard InChI is InChI=1S/C31H40F2N6O2/c32-29(33)30-35-26-6-1-2-7-27(26)39(30)28-20-24(34-31(36-28)38-10-14-41-15-11-38)5-3-4-21-16-22-18-25(19-23(22)17-21)37-8-12-40-13-9-37/h1-2,6-7,20-23,25,29H,3-5,8-19H2/t21-,22+,23-,25-. The minimum Gasteiger partial charge on any atom is -0.379 e. The SMILES string of the molecule is FC(F)c1nc2ccccc2n1-c1cc(CCC[C@H]2C[C@@H]3C[C@H](N4CCOCC4)C[C@@H]3C2)nc(N2CCOCC2)n1. The second-order valence-electron chi connectivity index (χ2n) is 12.2. The lowest BCUT2D eigenvalue weighted by Crippen LogP contribution is -2.42. The van der Waals surface area contributed by atoms with Crippen molar-refractivity contribution in [2.75, 3.05) is 57.5 Å². The Balaban J connectivity index is 1.06. The number of morpholine rings is 2. The van der Waals surface area contributed by atoms with Crippen LogP contribution in [0.3, 0.4) is 0 Å². The number of hydrogen-bond acceptors (Lipinski definition) is 7. The molecule has 8 nitrogen and oxygen atoms in total. The first-order valence-electron chi connectivity index (χ1n) is 15.4.